The van der Waals surface area contributed by atoms with Crippen LogP contribution in [0.15, 0.2) is 48.8 Å². The number of amides is 1. The highest BCUT2D eigenvalue weighted by Gasteiger charge is 2.06. The normalized spacial score (nSPS) is 10.6. The van der Waals surface area contributed by atoms with Gasteiger partial charge in [0.1, 0.15) is 0 Å². The van der Waals surface area contributed by atoms with E-state index in [-0.39, 0.29) is 5.91 Å². The van der Waals surface area contributed by atoms with Gasteiger partial charge in [0.15, 0.2) is 0 Å². The summed E-state index contributed by atoms with van der Waals surface area (Å²) in [6, 6.07) is 11.5. The van der Waals surface area contributed by atoms with Crippen molar-refractivity contribution in [2.45, 2.75) is 12.8 Å². The molecule has 100 valence electrons. The largest absolute Gasteiger partial charge is 0.324 e. The van der Waals surface area contributed by atoms with Gasteiger partial charge in [0.25, 0.3) is 0 Å². The van der Waals surface area contributed by atoms with Gasteiger partial charge in [0, 0.05) is 18.8 Å². The molecule has 0 saturated carbocycles. The number of carbonyl (C=O) groups is 1. The molecule has 0 atom stereocenters. The Hall–Kier alpha value is -2.69. The average molecular weight is 266 g/mol. The first-order valence-corrected chi connectivity index (χ1v) is 6.45. The molecule has 5 heteroatoms. The zero-order valence-corrected chi connectivity index (χ0v) is 10.8. The van der Waals surface area contributed by atoms with Gasteiger partial charge >= 0.3 is 0 Å². The maximum atomic E-state index is 11.9. The van der Waals surface area contributed by atoms with Crippen molar-refractivity contribution in [2.24, 2.45) is 0 Å². The van der Waals surface area contributed by atoms with E-state index in [4.69, 9.17) is 0 Å². The highest BCUT2D eigenvalue weighted by Crippen LogP contribution is 2.13. The van der Waals surface area contributed by atoms with Crippen molar-refractivity contribution >= 4 is 22.9 Å². The zero-order valence-electron chi connectivity index (χ0n) is 10.8. The minimum Gasteiger partial charge on any atom is -0.324 e. The number of pyridine rings is 1. The SMILES string of the molecule is O=C(CCc1cccnc1)Nc1nc2ccccc2[nH]1. The van der Waals surface area contributed by atoms with Gasteiger partial charge in [-0.25, -0.2) is 4.98 Å². The molecule has 5 nitrogen and oxygen atoms in total. The molecule has 0 radical (unpaired) electrons. The first-order valence-electron chi connectivity index (χ1n) is 6.45. The van der Waals surface area contributed by atoms with Crippen LogP contribution in [0.4, 0.5) is 5.95 Å². The number of aryl methyl sites for hydroxylation is 1. The van der Waals surface area contributed by atoms with Crippen molar-refractivity contribution in [3.8, 4) is 0 Å². The molecule has 0 aliphatic heterocycles. The predicted molar refractivity (Wildman–Crippen MR) is 77.3 cm³/mol. The Morgan fingerprint density at radius 1 is 1.20 bits per heavy atom. The van der Waals surface area contributed by atoms with E-state index in [0.717, 1.165) is 16.6 Å². The average Bonchev–Trinajstić information content (AvgIpc) is 2.88. The molecular formula is C15H14N4O. The molecule has 0 spiro atoms. The van der Waals surface area contributed by atoms with Crippen LogP contribution in [-0.4, -0.2) is 20.9 Å². The summed E-state index contributed by atoms with van der Waals surface area (Å²) in [6.45, 7) is 0. The summed E-state index contributed by atoms with van der Waals surface area (Å²) >= 11 is 0. The van der Waals surface area contributed by atoms with E-state index >= 15 is 0 Å². The molecular weight excluding hydrogens is 252 g/mol. The van der Waals surface area contributed by atoms with Crippen LogP contribution in [0.5, 0.6) is 0 Å². The number of benzene rings is 1. The van der Waals surface area contributed by atoms with E-state index in [2.05, 4.69) is 20.3 Å². The summed E-state index contributed by atoms with van der Waals surface area (Å²) in [5.74, 6) is 0.426. The first-order chi connectivity index (χ1) is 9.81. The number of aromatic nitrogens is 3. The van der Waals surface area contributed by atoms with Crippen molar-refractivity contribution in [3.63, 3.8) is 0 Å². The number of fused-ring (bicyclic) bond motifs is 1. The third-order valence-electron chi connectivity index (χ3n) is 3.01. The van der Waals surface area contributed by atoms with E-state index in [1.54, 1.807) is 12.4 Å². The Morgan fingerprint density at radius 2 is 2.10 bits per heavy atom. The fourth-order valence-electron chi connectivity index (χ4n) is 2.01. The Labute approximate surface area is 116 Å². The molecule has 1 aromatic carbocycles. The molecule has 0 saturated heterocycles. The maximum absolute atomic E-state index is 11.9. The van der Waals surface area contributed by atoms with Crippen molar-refractivity contribution in [2.75, 3.05) is 5.32 Å². The topological polar surface area (TPSA) is 70.7 Å². The number of para-hydroxylation sites is 2. The molecule has 2 aromatic heterocycles. The monoisotopic (exact) mass is 266 g/mol. The third-order valence-corrected chi connectivity index (χ3v) is 3.01. The molecule has 3 rings (SSSR count). The van der Waals surface area contributed by atoms with Crippen LogP contribution in [-0.2, 0) is 11.2 Å². The summed E-state index contributed by atoms with van der Waals surface area (Å²) in [6.07, 6.45) is 4.56. The number of carbonyl (C=O) groups excluding carboxylic acids is 1. The van der Waals surface area contributed by atoms with Crippen LogP contribution in [0.1, 0.15) is 12.0 Å². The zero-order chi connectivity index (χ0) is 13.8. The van der Waals surface area contributed by atoms with Crippen LogP contribution >= 0.6 is 0 Å². The number of nitrogens with one attached hydrogen (secondary N) is 2. The number of hydrogen-bond donors (Lipinski definition) is 2. The Bertz CT molecular complexity index is 688. The van der Waals surface area contributed by atoms with Crippen molar-refractivity contribution in [1.29, 1.82) is 0 Å². The molecule has 0 fully saturated rings. The molecule has 2 heterocycles. The molecule has 0 unspecified atom stereocenters. The maximum Gasteiger partial charge on any atom is 0.227 e. The summed E-state index contributed by atoms with van der Waals surface area (Å²) in [5, 5.41) is 2.78. The van der Waals surface area contributed by atoms with Crippen LogP contribution in [0, 0.1) is 0 Å². The van der Waals surface area contributed by atoms with E-state index in [1.807, 2.05) is 36.4 Å². The number of imidazole rings is 1. The summed E-state index contributed by atoms with van der Waals surface area (Å²) in [4.78, 5) is 23.3. The van der Waals surface area contributed by atoms with Crippen LogP contribution < -0.4 is 5.32 Å². The number of aromatic amines is 1. The summed E-state index contributed by atoms with van der Waals surface area (Å²) < 4.78 is 0. The summed E-state index contributed by atoms with van der Waals surface area (Å²) in [5.41, 5.74) is 2.80. The smallest absolute Gasteiger partial charge is 0.227 e. The highest BCUT2D eigenvalue weighted by molar-refractivity contribution is 5.91. The minimum absolute atomic E-state index is 0.0621. The lowest BCUT2D eigenvalue weighted by Gasteiger charge is -2.01. The molecule has 20 heavy (non-hydrogen) atoms. The van der Waals surface area contributed by atoms with Gasteiger partial charge in [-0.2, -0.15) is 0 Å². The Balaban J connectivity index is 1.61. The van der Waals surface area contributed by atoms with Gasteiger partial charge in [-0.05, 0) is 30.2 Å². The highest BCUT2D eigenvalue weighted by atomic mass is 16.1. The van der Waals surface area contributed by atoms with Crippen molar-refractivity contribution in [3.05, 3.63) is 54.4 Å². The minimum atomic E-state index is -0.0621. The predicted octanol–water partition coefficient (Wildman–Crippen LogP) is 2.53. The van der Waals surface area contributed by atoms with Crippen molar-refractivity contribution < 1.29 is 4.79 Å². The van der Waals surface area contributed by atoms with Crippen LogP contribution in [0.3, 0.4) is 0 Å². The third kappa shape index (κ3) is 2.83. The molecule has 0 bridgehead atoms. The van der Waals surface area contributed by atoms with E-state index in [1.165, 1.54) is 0 Å². The number of nitrogens with zero attached hydrogens (tertiary/aromatic N) is 2. The van der Waals surface area contributed by atoms with E-state index in [9.17, 15) is 4.79 Å². The molecule has 0 aliphatic carbocycles. The fourth-order valence-corrected chi connectivity index (χ4v) is 2.01. The lowest BCUT2D eigenvalue weighted by Crippen LogP contribution is -2.13. The van der Waals surface area contributed by atoms with Gasteiger partial charge in [-0.1, -0.05) is 18.2 Å². The van der Waals surface area contributed by atoms with Gasteiger partial charge in [0.2, 0.25) is 11.9 Å². The van der Waals surface area contributed by atoms with Gasteiger partial charge in [-0.15, -0.1) is 0 Å². The standard InChI is InChI=1S/C15H14N4O/c20-14(8-7-11-4-3-9-16-10-11)19-15-17-12-5-1-2-6-13(12)18-15/h1-6,9-10H,7-8H2,(H2,17,18,19,20). The van der Waals surface area contributed by atoms with Crippen LogP contribution in [0.25, 0.3) is 11.0 Å². The molecule has 1 amide bonds. The quantitative estimate of drug-likeness (QED) is 0.762. The van der Waals surface area contributed by atoms with Crippen molar-refractivity contribution in [1.82, 2.24) is 15.0 Å². The van der Waals surface area contributed by atoms with Gasteiger partial charge in [-0.3, -0.25) is 15.1 Å². The number of rotatable bonds is 4. The van der Waals surface area contributed by atoms with Gasteiger partial charge in [0.05, 0.1) is 11.0 Å². The fraction of sp³-hybridized carbons (Fsp3) is 0.133. The Morgan fingerprint density at radius 3 is 2.90 bits per heavy atom. The lowest BCUT2D eigenvalue weighted by molar-refractivity contribution is -0.116. The second kappa shape index (κ2) is 5.52. The first kappa shape index (κ1) is 12.3. The second-order valence-electron chi connectivity index (χ2n) is 4.51. The molecule has 3 aromatic rings. The van der Waals surface area contributed by atoms with Gasteiger partial charge < -0.3 is 4.98 Å². The number of anilines is 1. The molecule has 0 aliphatic rings. The second-order valence-corrected chi connectivity index (χ2v) is 4.51. The number of H-pyrrole nitrogens is 1. The number of hydrogen-bond acceptors (Lipinski definition) is 3. The van der Waals surface area contributed by atoms with Crippen LogP contribution in [0.2, 0.25) is 0 Å². The Kier molecular flexibility index (Phi) is 3.41. The lowest BCUT2D eigenvalue weighted by atomic mass is 10.1. The molecule has 2 N–H and O–H groups in total. The van der Waals surface area contributed by atoms with E-state index < -0.39 is 0 Å². The van der Waals surface area contributed by atoms with E-state index in [0.29, 0.717) is 18.8 Å². The summed E-state index contributed by atoms with van der Waals surface area (Å²) in [7, 11) is 0.